The predicted molar refractivity (Wildman–Crippen MR) is 137 cm³/mol. The van der Waals surface area contributed by atoms with Gasteiger partial charge in [-0.2, -0.15) is 6.08 Å². The minimum atomic E-state index is 0. The first-order valence-corrected chi connectivity index (χ1v) is 12.1. The first-order chi connectivity index (χ1) is 12.8. The summed E-state index contributed by atoms with van der Waals surface area (Å²) in [7, 11) is 1.08. The summed E-state index contributed by atoms with van der Waals surface area (Å²) in [6, 6.07) is 19.3. The Labute approximate surface area is 207 Å². The van der Waals surface area contributed by atoms with Crippen LogP contribution >= 0.6 is 24.8 Å². The predicted octanol–water partition coefficient (Wildman–Crippen LogP) is 6.88. The van der Waals surface area contributed by atoms with Crippen molar-refractivity contribution in [1.82, 2.24) is 0 Å². The van der Waals surface area contributed by atoms with E-state index in [-0.39, 0.29) is 38.8 Å². The van der Waals surface area contributed by atoms with Crippen molar-refractivity contribution in [3.8, 4) is 0 Å². The zero-order valence-electron chi connectivity index (χ0n) is 17.5. The van der Waals surface area contributed by atoms with Gasteiger partial charge in [-0.05, 0) is 0 Å². The van der Waals surface area contributed by atoms with Gasteiger partial charge < -0.3 is 19.5 Å². The van der Waals surface area contributed by atoms with Gasteiger partial charge in [-0.25, -0.2) is 12.2 Å². The molecule has 4 rings (SSSR count). The third-order valence-electron chi connectivity index (χ3n) is 3.11. The molecule has 3 aromatic rings. The fraction of sp³-hybridized carbons (Fsp3) is 0.167. The Morgan fingerprint density at radius 2 is 1.41 bits per heavy atom. The van der Waals surface area contributed by atoms with Gasteiger partial charge in [-0.15, -0.1) is 71.0 Å². The van der Waals surface area contributed by atoms with E-state index in [1.165, 1.54) is 45.8 Å². The maximum absolute atomic E-state index is 7.46. The maximum atomic E-state index is 7.46. The Morgan fingerprint density at radius 1 is 1.03 bits per heavy atom. The topological polar surface area (TPSA) is 20.2 Å². The average molecular weight is 527 g/mol. The largest absolute Gasteiger partial charge is 0.358 e. The van der Waals surface area contributed by atoms with E-state index in [0.29, 0.717) is 0 Å². The van der Waals surface area contributed by atoms with Gasteiger partial charge in [0.15, 0.2) is 0 Å². The molecule has 3 aromatic carbocycles. The number of rotatable bonds is 0. The molecule has 0 saturated heterocycles. The summed E-state index contributed by atoms with van der Waals surface area (Å²) in [6.07, 6.45) is 10.0. The zero-order valence-corrected chi connectivity index (χ0v) is 22.6. The van der Waals surface area contributed by atoms with E-state index in [4.69, 9.17) is 5.11 Å². The fourth-order valence-corrected chi connectivity index (χ4v) is 2.24. The van der Waals surface area contributed by atoms with E-state index in [0.717, 1.165) is 15.9 Å². The van der Waals surface area contributed by atoms with Crippen molar-refractivity contribution in [2.75, 3.05) is 6.61 Å². The van der Waals surface area contributed by atoms with E-state index in [1.807, 2.05) is 12.2 Å². The van der Waals surface area contributed by atoms with Crippen molar-refractivity contribution >= 4 is 60.1 Å². The second-order valence-electron chi connectivity index (χ2n) is 5.05. The minimum absolute atomic E-state index is 0. The molecule has 0 bridgehead atoms. The Hall–Kier alpha value is -0.700. The smallest absolute Gasteiger partial charge is 0.0771 e. The van der Waals surface area contributed by atoms with Gasteiger partial charge in [0.1, 0.15) is 0 Å². The van der Waals surface area contributed by atoms with Crippen molar-refractivity contribution in [2.24, 2.45) is 0 Å². The molecule has 29 heavy (non-hydrogen) atoms. The van der Waals surface area contributed by atoms with Crippen LogP contribution in [-0.2, 0) is 24.2 Å². The van der Waals surface area contributed by atoms with Crippen LogP contribution in [-0.4, -0.2) is 25.4 Å². The fourth-order valence-electron chi connectivity index (χ4n) is 2.24. The van der Waals surface area contributed by atoms with Gasteiger partial charge in [0.2, 0.25) is 0 Å². The molecule has 2 radical (unpaired) electrons. The number of allylic oxidation sites excluding steroid dienone is 4. The molecule has 5 heteroatoms. The number of aliphatic hydroxyl groups excluding tert-OH is 1. The third kappa shape index (κ3) is 14.9. The summed E-state index contributed by atoms with van der Waals surface area (Å²) < 4.78 is 3.34. The number of hydrogen-bond acceptors (Lipinski definition) is 1. The number of halogens is 2. The van der Waals surface area contributed by atoms with Crippen molar-refractivity contribution in [2.45, 2.75) is 19.5 Å². The second kappa shape index (κ2) is 25.3. The number of hydrogen-bond donors (Lipinski definition) is 1. The molecule has 0 fully saturated rings. The van der Waals surface area contributed by atoms with Crippen LogP contribution in [0.3, 0.4) is 0 Å². The van der Waals surface area contributed by atoms with Gasteiger partial charge >= 0.3 is 28.4 Å². The maximum Gasteiger partial charge on any atom is -0.0771 e. The third-order valence-corrected chi connectivity index (χ3v) is 3.11. The summed E-state index contributed by atoms with van der Waals surface area (Å²) in [5.74, 6) is 0. The molecule has 0 atom stereocenters. The van der Waals surface area contributed by atoms with Crippen molar-refractivity contribution < 1.29 is 29.3 Å². The zero-order chi connectivity index (χ0) is 19.6. The Bertz CT molecular complexity index is 722. The van der Waals surface area contributed by atoms with Crippen molar-refractivity contribution in [3.63, 3.8) is 0 Å². The number of aliphatic hydroxyl groups is 1. The van der Waals surface area contributed by atoms with Crippen LogP contribution in [0.5, 0.6) is 0 Å². The Balaban J connectivity index is -0.000000167. The molecule has 0 aromatic heterocycles. The number of fused-ring (bicyclic) bond motifs is 3. The molecule has 0 unspecified atom stereocenters. The van der Waals surface area contributed by atoms with E-state index < -0.39 is 0 Å². The molecule has 0 spiro atoms. The molecule has 0 heterocycles. The van der Waals surface area contributed by atoms with Gasteiger partial charge in [0, 0.05) is 9.52 Å². The second-order valence-corrected chi connectivity index (χ2v) is 6.05. The molecule has 0 aliphatic heterocycles. The molecule has 0 amide bonds. The Morgan fingerprint density at radius 3 is 1.69 bits per heavy atom. The molecule has 1 aliphatic rings. The standard InChI is InChI=1S/C13H9.C5H5.C2H5O.C2H6Si.CH3.CH2.2ClH.Zr/c1-3-7-12-10(5-1)9-11-6-2-4-8-13(11)12;1-2-4-5-3-1;1-2-3;1-3-2;;;;;/h1-9H;1-3H,4H2;3H,1-2H2;1-2H3;1H3;1H2;2*1H;/q3*-1;;-1;;;;. The van der Waals surface area contributed by atoms with Crippen LogP contribution in [0.15, 0.2) is 72.8 Å². The van der Waals surface area contributed by atoms with Gasteiger partial charge in [-0.1, -0.05) is 56.1 Å². The van der Waals surface area contributed by atoms with Gasteiger partial charge in [0.05, 0.1) is 0 Å². The first-order valence-electron chi connectivity index (χ1n) is 8.37. The van der Waals surface area contributed by atoms with Gasteiger partial charge in [-0.3, -0.25) is 6.08 Å². The summed E-state index contributed by atoms with van der Waals surface area (Å²) in [5, 5.41) is 12.9. The van der Waals surface area contributed by atoms with Crippen molar-refractivity contribution in [1.29, 1.82) is 0 Å². The average Bonchev–Trinajstić information content (AvgIpc) is 3.36. The molecule has 160 valence electrons. The molecule has 0 saturated carbocycles. The van der Waals surface area contributed by atoms with E-state index in [9.17, 15) is 0 Å². The van der Waals surface area contributed by atoms with E-state index >= 15 is 0 Å². The first kappa shape index (κ1) is 35.7. The molecule has 1 aliphatic carbocycles. The summed E-state index contributed by atoms with van der Waals surface area (Å²) in [6.45, 7) is 7.35. The van der Waals surface area contributed by atoms with Crippen LogP contribution in [0.1, 0.15) is 6.42 Å². The molecule has 1 N–H and O–H groups in total. The summed E-state index contributed by atoms with van der Waals surface area (Å²) in [4.78, 5) is 0. The monoisotopic (exact) mass is 524 g/mol. The van der Waals surface area contributed by atoms with Crippen LogP contribution in [0.25, 0.3) is 21.5 Å². The van der Waals surface area contributed by atoms with Crippen LogP contribution in [0.2, 0.25) is 13.1 Å². The minimum Gasteiger partial charge on any atom is -0.358 e. The summed E-state index contributed by atoms with van der Waals surface area (Å²) >= 11 is 1.30. The normalized spacial score (nSPS) is 9.34. The van der Waals surface area contributed by atoms with Crippen molar-refractivity contribution in [3.05, 3.63) is 93.3 Å². The SMILES string of the molecule is C[Si]C.Cl.Cl.[C-]1=CC=CC1.[CH2-]CO.[CH2]=[Zr].[CH3-].c1ccc2c(c1)[cH-]c1ccccc12. The quantitative estimate of drug-likeness (QED) is 0.250. The molecular formula is C24H32Cl2OSiZr-4. The van der Waals surface area contributed by atoms with Crippen LogP contribution in [0, 0.1) is 20.4 Å². The number of benzene rings is 2. The van der Waals surface area contributed by atoms with Crippen LogP contribution < -0.4 is 0 Å². The van der Waals surface area contributed by atoms with E-state index in [2.05, 4.69) is 91.0 Å². The molecule has 1 nitrogen and oxygen atoms in total. The van der Waals surface area contributed by atoms with E-state index in [1.54, 1.807) is 0 Å². The summed E-state index contributed by atoms with van der Waals surface area (Å²) in [5.41, 5.74) is 0. The van der Waals surface area contributed by atoms with Gasteiger partial charge in [0.25, 0.3) is 0 Å². The van der Waals surface area contributed by atoms with Crippen LogP contribution in [0.4, 0.5) is 0 Å². The molecular weight excluding hydrogens is 494 g/mol. The Kier molecular flexibility index (Phi) is 31.2.